The molecule has 0 aliphatic carbocycles. The summed E-state index contributed by atoms with van der Waals surface area (Å²) in [5.74, 6) is 1.56. The van der Waals surface area contributed by atoms with Crippen LogP contribution in [0.1, 0.15) is 41.6 Å². The molecule has 0 amide bonds. The number of ether oxygens (including phenoxy) is 2. The summed E-state index contributed by atoms with van der Waals surface area (Å²) < 4.78 is 12.3. The third-order valence-corrected chi connectivity index (χ3v) is 6.32. The molecule has 2 aromatic carbocycles. The Labute approximate surface area is 173 Å². The van der Waals surface area contributed by atoms with Gasteiger partial charge in [-0.25, -0.2) is 5.01 Å². The van der Waals surface area contributed by atoms with E-state index < -0.39 is 6.23 Å². The predicted octanol–water partition coefficient (Wildman–Crippen LogP) is 6.04. The molecule has 0 N–H and O–H groups in total. The van der Waals surface area contributed by atoms with Crippen LogP contribution >= 0.6 is 22.9 Å². The summed E-state index contributed by atoms with van der Waals surface area (Å²) in [5, 5.41) is 9.76. The molecular formula is C22H19ClN2O2S. The lowest BCUT2D eigenvalue weighted by molar-refractivity contribution is -0.0211. The first kappa shape index (κ1) is 17.6. The molecule has 0 spiro atoms. The second-order valence-electron chi connectivity index (χ2n) is 6.72. The van der Waals surface area contributed by atoms with Crippen molar-refractivity contribution in [1.82, 2.24) is 5.01 Å². The van der Waals surface area contributed by atoms with E-state index >= 15 is 0 Å². The topological polar surface area (TPSA) is 34.1 Å². The number of hydrogen-bond acceptors (Lipinski definition) is 5. The third-order valence-electron chi connectivity index (χ3n) is 5.06. The molecule has 0 fully saturated rings. The highest BCUT2D eigenvalue weighted by molar-refractivity contribution is 7.12. The van der Waals surface area contributed by atoms with Crippen molar-refractivity contribution in [1.29, 1.82) is 0 Å². The molecule has 2 aliphatic heterocycles. The van der Waals surface area contributed by atoms with Crippen molar-refractivity contribution in [2.45, 2.75) is 25.6 Å². The van der Waals surface area contributed by atoms with Gasteiger partial charge in [0, 0.05) is 22.6 Å². The molecule has 0 radical (unpaired) electrons. The zero-order valence-electron chi connectivity index (χ0n) is 15.3. The lowest BCUT2D eigenvalue weighted by Gasteiger charge is -2.39. The van der Waals surface area contributed by atoms with Crippen molar-refractivity contribution in [3.05, 3.63) is 81.0 Å². The molecule has 2 aliphatic rings. The fraction of sp³-hybridized carbons (Fsp3) is 0.227. The summed E-state index contributed by atoms with van der Waals surface area (Å²) in [7, 11) is 0. The van der Waals surface area contributed by atoms with Gasteiger partial charge in [-0.2, -0.15) is 5.10 Å². The maximum atomic E-state index is 6.53. The quantitative estimate of drug-likeness (QED) is 0.525. The van der Waals surface area contributed by atoms with Gasteiger partial charge in [-0.05, 0) is 30.5 Å². The zero-order valence-corrected chi connectivity index (χ0v) is 16.9. The van der Waals surface area contributed by atoms with Gasteiger partial charge in [0.1, 0.15) is 0 Å². The Hall–Kier alpha value is -2.50. The Bertz CT molecular complexity index is 1030. The van der Waals surface area contributed by atoms with E-state index in [-0.39, 0.29) is 6.04 Å². The maximum Gasteiger partial charge on any atom is 0.215 e. The van der Waals surface area contributed by atoms with E-state index in [9.17, 15) is 0 Å². The summed E-state index contributed by atoms with van der Waals surface area (Å²) >= 11 is 8.24. The molecule has 2 atom stereocenters. The van der Waals surface area contributed by atoms with Crippen LogP contribution in [-0.2, 0) is 0 Å². The van der Waals surface area contributed by atoms with Crippen LogP contribution in [0.3, 0.4) is 0 Å². The number of hydrogen-bond donors (Lipinski definition) is 0. The predicted molar refractivity (Wildman–Crippen MR) is 112 cm³/mol. The van der Waals surface area contributed by atoms with E-state index in [1.54, 1.807) is 11.3 Å². The van der Waals surface area contributed by atoms with Crippen molar-refractivity contribution in [2.24, 2.45) is 5.10 Å². The maximum absolute atomic E-state index is 6.53. The molecule has 0 saturated carbocycles. The van der Waals surface area contributed by atoms with E-state index in [4.69, 9.17) is 26.2 Å². The molecule has 6 heteroatoms. The minimum absolute atomic E-state index is 0.0857. The molecule has 0 unspecified atom stereocenters. The van der Waals surface area contributed by atoms with Gasteiger partial charge in [0.05, 0.1) is 23.2 Å². The first-order valence-electron chi connectivity index (χ1n) is 9.32. The van der Waals surface area contributed by atoms with Gasteiger partial charge < -0.3 is 9.47 Å². The number of thiophene rings is 1. The Morgan fingerprint density at radius 2 is 2.00 bits per heavy atom. The largest absolute Gasteiger partial charge is 0.490 e. The van der Waals surface area contributed by atoms with Gasteiger partial charge in [-0.3, -0.25) is 0 Å². The molecule has 1 aromatic heterocycles. The molecule has 0 saturated heterocycles. The highest BCUT2D eigenvalue weighted by Crippen LogP contribution is 2.51. The van der Waals surface area contributed by atoms with Crippen molar-refractivity contribution in [2.75, 3.05) is 6.61 Å². The van der Waals surface area contributed by atoms with Gasteiger partial charge in [-0.1, -0.05) is 48.0 Å². The number of rotatable bonds is 4. The standard InChI is InChI=1S/C22H19ClN2O2S/c1-2-26-19-10-5-8-15-18-13-17(20-11-6-12-28-20)24-25(18)22(27-21(15)19)14-7-3-4-9-16(14)23/h3-12,18,22H,2,13H2,1H3/t18-,22-/m0/s1. The number of halogens is 1. The highest BCUT2D eigenvalue weighted by Gasteiger charge is 2.42. The number of hydrazone groups is 1. The van der Waals surface area contributed by atoms with Crippen LogP contribution in [0.2, 0.25) is 5.02 Å². The van der Waals surface area contributed by atoms with Crippen LogP contribution in [0.4, 0.5) is 0 Å². The van der Waals surface area contributed by atoms with Crippen molar-refractivity contribution >= 4 is 28.6 Å². The van der Waals surface area contributed by atoms with Crippen LogP contribution in [-0.4, -0.2) is 17.3 Å². The zero-order chi connectivity index (χ0) is 19.1. The Morgan fingerprint density at radius 3 is 2.79 bits per heavy atom. The average molecular weight is 411 g/mol. The molecule has 3 aromatic rings. The molecule has 142 valence electrons. The van der Waals surface area contributed by atoms with E-state index in [1.807, 2.05) is 48.3 Å². The van der Waals surface area contributed by atoms with Crippen molar-refractivity contribution < 1.29 is 9.47 Å². The second-order valence-corrected chi connectivity index (χ2v) is 8.08. The summed E-state index contributed by atoms with van der Waals surface area (Å²) in [4.78, 5) is 1.19. The minimum Gasteiger partial charge on any atom is -0.490 e. The van der Waals surface area contributed by atoms with Gasteiger partial charge in [-0.15, -0.1) is 11.3 Å². The smallest absolute Gasteiger partial charge is 0.215 e. The first-order valence-corrected chi connectivity index (χ1v) is 10.6. The number of benzene rings is 2. The Morgan fingerprint density at radius 1 is 1.14 bits per heavy atom. The van der Waals surface area contributed by atoms with Crippen LogP contribution in [0, 0.1) is 0 Å². The lowest BCUT2D eigenvalue weighted by atomic mass is 9.97. The molecule has 0 bridgehead atoms. The van der Waals surface area contributed by atoms with Crippen LogP contribution in [0.15, 0.2) is 65.1 Å². The van der Waals surface area contributed by atoms with E-state index in [0.717, 1.165) is 34.8 Å². The number of para-hydroxylation sites is 1. The van der Waals surface area contributed by atoms with Gasteiger partial charge in [0.15, 0.2) is 11.5 Å². The van der Waals surface area contributed by atoms with Crippen LogP contribution in [0.25, 0.3) is 0 Å². The SMILES string of the molecule is CCOc1cccc2c1O[C@@H](c1ccccc1Cl)N1N=C(c3cccs3)C[C@@H]21. The molecule has 28 heavy (non-hydrogen) atoms. The average Bonchev–Trinajstić information content (AvgIpc) is 3.38. The summed E-state index contributed by atoms with van der Waals surface area (Å²) in [5.41, 5.74) is 3.09. The minimum atomic E-state index is -0.398. The lowest BCUT2D eigenvalue weighted by Crippen LogP contribution is -2.34. The van der Waals surface area contributed by atoms with Crippen molar-refractivity contribution in [3.8, 4) is 11.5 Å². The molecule has 5 rings (SSSR count). The Balaban J connectivity index is 1.64. The van der Waals surface area contributed by atoms with Crippen LogP contribution in [0.5, 0.6) is 11.5 Å². The first-order chi connectivity index (χ1) is 13.8. The third kappa shape index (κ3) is 2.86. The van der Waals surface area contributed by atoms with E-state index in [0.29, 0.717) is 11.6 Å². The van der Waals surface area contributed by atoms with Crippen molar-refractivity contribution in [3.63, 3.8) is 0 Å². The van der Waals surface area contributed by atoms with Gasteiger partial charge in [0.2, 0.25) is 6.23 Å². The second kappa shape index (κ2) is 7.15. The van der Waals surface area contributed by atoms with E-state index in [2.05, 4.69) is 23.6 Å². The highest BCUT2D eigenvalue weighted by atomic mass is 35.5. The normalized spacial score (nSPS) is 20.2. The van der Waals surface area contributed by atoms with Gasteiger partial charge >= 0.3 is 0 Å². The fourth-order valence-electron chi connectivity index (χ4n) is 3.83. The molecule has 4 nitrogen and oxygen atoms in total. The number of fused-ring (bicyclic) bond motifs is 3. The summed E-state index contributed by atoms with van der Waals surface area (Å²) in [6, 6.07) is 18.1. The summed E-state index contributed by atoms with van der Waals surface area (Å²) in [6.07, 6.45) is 0.429. The Kier molecular flexibility index (Phi) is 4.49. The van der Waals surface area contributed by atoms with Crippen LogP contribution < -0.4 is 9.47 Å². The molecule has 3 heterocycles. The summed E-state index contributed by atoms with van der Waals surface area (Å²) in [6.45, 7) is 2.57. The fourth-order valence-corrected chi connectivity index (χ4v) is 4.78. The monoisotopic (exact) mass is 410 g/mol. The van der Waals surface area contributed by atoms with Gasteiger partial charge in [0.25, 0.3) is 0 Å². The number of nitrogens with zero attached hydrogens (tertiary/aromatic N) is 2. The van der Waals surface area contributed by atoms with E-state index in [1.165, 1.54) is 4.88 Å². The molecular weight excluding hydrogens is 392 g/mol.